The van der Waals surface area contributed by atoms with Crippen LogP contribution in [0.15, 0.2) is 48.5 Å². The summed E-state index contributed by atoms with van der Waals surface area (Å²) in [5.41, 5.74) is 2.08. The predicted molar refractivity (Wildman–Crippen MR) is 111 cm³/mol. The van der Waals surface area contributed by atoms with Crippen molar-refractivity contribution in [1.29, 1.82) is 0 Å². The van der Waals surface area contributed by atoms with Crippen LogP contribution in [0.1, 0.15) is 25.0 Å². The van der Waals surface area contributed by atoms with Gasteiger partial charge in [-0.25, -0.2) is 0 Å². The van der Waals surface area contributed by atoms with Crippen LogP contribution in [0, 0.1) is 0 Å². The normalized spacial score (nSPS) is 13.8. The van der Waals surface area contributed by atoms with Gasteiger partial charge in [-0.15, -0.1) is 11.6 Å². The number of alkyl halides is 1. The standard InChI is InChI=1S/C22H29ClO5/c1-22(2,16-4-8-20(9-5-16)27-14-18(24)12-23)17-6-10-21(11-7-17)28-15-19(25)13-26-3/h4-11,18-19,24-25H,12-15H2,1-3H3/t18?,19-/m0/s1. The molecule has 28 heavy (non-hydrogen) atoms. The first kappa shape index (κ1) is 22.5. The molecule has 0 fully saturated rings. The number of methoxy groups -OCH3 is 1. The van der Waals surface area contributed by atoms with Gasteiger partial charge >= 0.3 is 0 Å². The summed E-state index contributed by atoms with van der Waals surface area (Å²) in [4.78, 5) is 0. The second kappa shape index (κ2) is 10.7. The van der Waals surface area contributed by atoms with Crippen LogP contribution in [0.4, 0.5) is 0 Å². The summed E-state index contributed by atoms with van der Waals surface area (Å²) in [5.74, 6) is 1.55. The van der Waals surface area contributed by atoms with Crippen molar-refractivity contribution in [3.05, 3.63) is 59.7 Å². The van der Waals surface area contributed by atoms with Crippen molar-refractivity contribution in [2.45, 2.75) is 31.5 Å². The van der Waals surface area contributed by atoms with Gasteiger partial charge in [0.05, 0.1) is 12.5 Å². The summed E-state index contributed by atoms with van der Waals surface area (Å²) < 4.78 is 16.0. The molecule has 2 atom stereocenters. The highest BCUT2D eigenvalue weighted by molar-refractivity contribution is 6.18. The average Bonchev–Trinajstić information content (AvgIpc) is 2.71. The van der Waals surface area contributed by atoms with Crippen LogP contribution in [0.25, 0.3) is 0 Å². The van der Waals surface area contributed by atoms with E-state index in [4.69, 9.17) is 25.8 Å². The molecule has 0 spiro atoms. The Morgan fingerprint density at radius 2 is 1.21 bits per heavy atom. The Morgan fingerprint density at radius 3 is 1.61 bits per heavy atom. The fourth-order valence-corrected chi connectivity index (χ4v) is 2.86. The number of aliphatic hydroxyl groups is 2. The monoisotopic (exact) mass is 408 g/mol. The van der Waals surface area contributed by atoms with Gasteiger partial charge in [0, 0.05) is 12.5 Å². The van der Waals surface area contributed by atoms with Crippen LogP contribution >= 0.6 is 11.6 Å². The highest BCUT2D eigenvalue weighted by Gasteiger charge is 2.23. The number of hydrogen-bond donors (Lipinski definition) is 2. The molecule has 0 radical (unpaired) electrons. The lowest BCUT2D eigenvalue weighted by Gasteiger charge is -2.26. The Bertz CT molecular complexity index is 700. The van der Waals surface area contributed by atoms with Crippen molar-refractivity contribution < 1.29 is 24.4 Å². The summed E-state index contributed by atoms with van der Waals surface area (Å²) in [5, 5.41) is 19.1. The van der Waals surface area contributed by atoms with Gasteiger partial charge in [-0.1, -0.05) is 38.1 Å². The lowest BCUT2D eigenvalue weighted by atomic mass is 9.78. The molecule has 6 heteroatoms. The molecular formula is C22H29ClO5. The first-order valence-electron chi connectivity index (χ1n) is 9.24. The van der Waals surface area contributed by atoms with Crippen molar-refractivity contribution in [2.75, 3.05) is 32.8 Å². The minimum absolute atomic E-state index is 0.149. The molecule has 0 amide bonds. The fraction of sp³-hybridized carbons (Fsp3) is 0.455. The maximum atomic E-state index is 9.67. The van der Waals surface area contributed by atoms with Crippen molar-refractivity contribution >= 4 is 11.6 Å². The van der Waals surface area contributed by atoms with E-state index in [-0.39, 0.29) is 31.1 Å². The molecule has 2 aromatic rings. The van der Waals surface area contributed by atoms with Crippen molar-refractivity contribution in [1.82, 2.24) is 0 Å². The number of aliphatic hydroxyl groups excluding tert-OH is 2. The summed E-state index contributed by atoms with van der Waals surface area (Å²) in [6.45, 7) is 4.91. The molecule has 0 saturated heterocycles. The Balaban J connectivity index is 2.01. The molecular weight excluding hydrogens is 380 g/mol. The third-order valence-corrected chi connectivity index (χ3v) is 4.93. The van der Waals surface area contributed by atoms with E-state index >= 15 is 0 Å². The van der Waals surface area contributed by atoms with E-state index in [2.05, 4.69) is 13.8 Å². The summed E-state index contributed by atoms with van der Waals surface area (Å²) in [6, 6.07) is 15.7. The second-order valence-corrected chi connectivity index (χ2v) is 7.52. The highest BCUT2D eigenvalue weighted by atomic mass is 35.5. The lowest BCUT2D eigenvalue weighted by Crippen LogP contribution is -2.22. The van der Waals surface area contributed by atoms with Crippen LogP contribution in [0.2, 0.25) is 0 Å². The Morgan fingerprint density at radius 1 is 0.786 bits per heavy atom. The molecule has 5 nitrogen and oxygen atoms in total. The molecule has 0 aliphatic heterocycles. The summed E-state index contributed by atoms with van der Waals surface area (Å²) >= 11 is 5.57. The van der Waals surface area contributed by atoms with Crippen molar-refractivity contribution in [3.8, 4) is 11.5 Å². The Labute approximate surface area is 171 Å². The number of halogens is 1. The van der Waals surface area contributed by atoms with Gasteiger partial charge in [0.25, 0.3) is 0 Å². The number of ether oxygens (including phenoxy) is 3. The first-order chi connectivity index (χ1) is 13.4. The first-order valence-corrected chi connectivity index (χ1v) is 9.78. The van der Waals surface area contributed by atoms with Crippen LogP contribution in [0.5, 0.6) is 11.5 Å². The minimum Gasteiger partial charge on any atom is -0.491 e. The van der Waals surface area contributed by atoms with Gasteiger partial charge in [-0.05, 0) is 35.4 Å². The van der Waals surface area contributed by atoms with Crippen molar-refractivity contribution in [3.63, 3.8) is 0 Å². The third kappa shape index (κ3) is 6.38. The van der Waals surface area contributed by atoms with E-state index in [1.54, 1.807) is 7.11 Å². The second-order valence-electron chi connectivity index (χ2n) is 7.21. The molecule has 0 saturated carbocycles. The Hall–Kier alpha value is -1.79. The van der Waals surface area contributed by atoms with Gasteiger partial charge in [0.1, 0.15) is 36.9 Å². The van der Waals surface area contributed by atoms with E-state index in [0.29, 0.717) is 11.5 Å². The van der Waals surface area contributed by atoms with E-state index in [9.17, 15) is 10.2 Å². The van der Waals surface area contributed by atoms with Crippen LogP contribution in [0.3, 0.4) is 0 Å². The Kier molecular flexibility index (Phi) is 8.58. The topological polar surface area (TPSA) is 68.2 Å². The number of rotatable bonds is 11. The third-order valence-electron chi connectivity index (χ3n) is 4.57. The predicted octanol–water partition coefficient (Wildman–Crippen LogP) is 3.38. The smallest absolute Gasteiger partial charge is 0.119 e. The van der Waals surface area contributed by atoms with Crippen LogP contribution < -0.4 is 9.47 Å². The molecule has 0 aliphatic carbocycles. The molecule has 2 rings (SSSR count). The minimum atomic E-state index is -0.672. The van der Waals surface area contributed by atoms with Gasteiger partial charge in [-0.2, -0.15) is 0 Å². The molecule has 2 aromatic carbocycles. The maximum absolute atomic E-state index is 9.67. The molecule has 0 heterocycles. The highest BCUT2D eigenvalue weighted by Crippen LogP contribution is 2.33. The average molecular weight is 409 g/mol. The van der Waals surface area contributed by atoms with Gasteiger partial charge in [0.2, 0.25) is 0 Å². The van der Waals surface area contributed by atoms with E-state index in [1.165, 1.54) is 0 Å². The number of benzene rings is 2. The molecule has 0 aliphatic rings. The molecule has 1 unspecified atom stereocenters. The maximum Gasteiger partial charge on any atom is 0.119 e. The summed E-state index contributed by atoms with van der Waals surface area (Å²) in [7, 11) is 1.54. The molecule has 0 aromatic heterocycles. The zero-order valence-corrected chi connectivity index (χ0v) is 17.4. The van der Waals surface area contributed by atoms with Crippen molar-refractivity contribution in [2.24, 2.45) is 0 Å². The fourth-order valence-electron chi connectivity index (χ4n) is 2.77. The zero-order chi connectivity index (χ0) is 20.6. The zero-order valence-electron chi connectivity index (χ0n) is 16.6. The number of hydrogen-bond acceptors (Lipinski definition) is 5. The largest absolute Gasteiger partial charge is 0.491 e. The van der Waals surface area contributed by atoms with E-state index in [0.717, 1.165) is 11.1 Å². The van der Waals surface area contributed by atoms with E-state index in [1.807, 2.05) is 48.5 Å². The molecule has 2 N–H and O–H groups in total. The lowest BCUT2D eigenvalue weighted by molar-refractivity contribution is 0.0325. The van der Waals surface area contributed by atoms with Gasteiger partial charge in [0.15, 0.2) is 0 Å². The molecule has 154 valence electrons. The van der Waals surface area contributed by atoms with Crippen LogP contribution in [-0.2, 0) is 10.2 Å². The van der Waals surface area contributed by atoms with Gasteiger partial charge < -0.3 is 24.4 Å². The van der Waals surface area contributed by atoms with Crippen LogP contribution in [-0.4, -0.2) is 55.2 Å². The quantitative estimate of drug-likeness (QED) is 0.558. The van der Waals surface area contributed by atoms with Gasteiger partial charge in [-0.3, -0.25) is 0 Å². The SMILES string of the molecule is COC[C@H](O)COc1ccc(C(C)(C)c2ccc(OCC(O)CCl)cc2)cc1. The summed E-state index contributed by atoms with van der Waals surface area (Å²) in [6.07, 6.45) is -1.32. The molecule has 0 bridgehead atoms. The van der Waals surface area contributed by atoms with E-state index < -0.39 is 12.2 Å².